The van der Waals surface area contributed by atoms with Crippen molar-refractivity contribution in [3.8, 4) is 5.75 Å². The Labute approximate surface area is 189 Å². The van der Waals surface area contributed by atoms with Crippen LogP contribution in [0, 0.1) is 0 Å². The number of nitrogens with zero attached hydrogens (tertiary/aromatic N) is 1. The summed E-state index contributed by atoms with van der Waals surface area (Å²) in [5, 5.41) is -7.41. The fourth-order valence-electron chi connectivity index (χ4n) is 2.11. The lowest BCUT2D eigenvalue weighted by Gasteiger charge is -2.38. The summed E-state index contributed by atoms with van der Waals surface area (Å²) in [6, 6.07) is 3.12. The third-order valence-corrected chi connectivity index (χ3v) is 5.14. The Morgan fingerprint density at radius 2 is 1.09 bits per heavy atom. The summed E-state index contributed by atoms with van der Waals surface area (Å²) < 4.78 is 196. The quantitative estimate of drug-likeness (QED) is 0.288. The van der Waals surface area contributed by atoms with Gasteiger partial charge in [0.2, 0.25) is 0 Å². The van der Waals surface area contributed by atoms with Crippen LogP contribution in [0.2, 0.25) is 0 Å². The van der Waals surface area contributed by atoms with Gasteiger partial charge >= 0.3 is 45.2 Å². The number of alkyl halides is 13. The predicted molar refractivity (Wildman–Crippen MR) is 91.4 cm³/mol. The molecule has 0 aliphatic carbocycles. The predicted octanol–water partition coefficient (Wildman–Crippen LogP) is 5.57. The Morgan fingerprint density at radius 1 is 0.706 bits per heavy atom. The number of hydrogen-bond acceptors (Lipinski definition) is 4. The second-order valence-electron chi connectivity index (χ2n) is 6.73. The molecule has 0 aliphatic rings. The van der Waals surface area contributed by atoms with Crippen LogP contribution in [0.1, 0.15) is 5.56 Å². The van der Waals surface area contributed by atoms with Crippen molar-refractivity contribution >= 4 is 22.5 Å². The molecule has 0 spiro atoms. The molecule has 1 aromatic carbocycles. The zero-order valence-corrected chi connectivity index (χ0v) is 18.1. The molecule has 200 valence electrons. The minimum absolute atomic E-state index is 0. The van der Waals surface area contributed by atoms with E-state index in [4.69, 9.17) is 0 Å². The Bertz CT molecular complexity index is 947. The maximum atomic E-state index is 13.8. The normalized spacial score (nSPS) is 14.7. The highest BCUT2D eigenvalue weighted by atomic mass is 35.5. The molecule has 19 heteroatoms. The van der Waals surface area contributed by atoms with E-state index in [2.05, 4.69) is 4.18 Å². The van der Waals surface area contributed by atoms with Crippen molar-refractivity contribution < 1.29 is 69.7 Å². The molecule has 0 radical (unpaired) electrons. The summed E-state index contributed by atoms with van der Waals surface area (Å²) in [6.07, 6.45) is -7.60. The molecule has 0 saturated carbocycles. The first-order valence-electron chi connectivity index (χ1n) is 8.00. The highest BCUT2D eigenvalue weighted by Gasteiger charge is 2.93. The highest BCUT2D eigenvalue weighted by molar-refractivity contribution is 7.88. The SMILES string of the molecule is CN(C)Cc1ccc(OS(=O)(=O)C(F)(F)C(F)(F)C(F)(F)C(F)(F)C(F)(F)C(F)(F)F)cc1.Cl. The second kappa shape index (κ2) is 9.40. The van der Waals surface area contributed by atoms with E-state index in [0.717, 1.165) is 12.1 Å². The van der Waals surface area contributed by atoms with E-state index in [1.807, 2.05) is 0 Å². The summed E-state index contributed by atoms with van der Waals surface area (Å²) in [7, 11) is -4.23. The van der Waals surface area contributed by atoms with Crippen molar-refractivity contribution in [3.05, 3.63) is 29.8 Å². The van der Waals surface area contributed by atoms with E-state index in [-0.39, 0.29) is 19.0 Å². The number of benzene rings is 1. The van der Waals surface area contributed by atoms with Crippen LogP contribution in [0.4, 0.5) is 57.1 Å². The van der Waals surface area contributed by atoms with E-state index in [1.54, 1.807) is 19.0 Å². The van der Waals surface area contributed by atoms with Gasteiger partial charge in [-0.05, 0) is 31.8 Å². The lowest BCUT2D eigenvalue weighted by Crippen LogP contribution is -2.71. The molecular weight excluding hydrogens is 557 g/mol. The van der Waals surface area contributed by atoms with Crippen LogP contribution in [0.3, 0.4) is 0 Å². The molecule has 0 amide bonds. The molecule has 0 saturated heterocycles. The third-order valence-electron chi connectivity index (χ3n) is 3.85. The van der Waals surface area contributed by atoms with Crippen molar-refractivity contribution in [1.29, 1.82) is 0 Å². The largest absolute Gasteiger partial charge is 0.460 e. The first-order chi connectivity index (χ1) is 14.4. The maximum Gasteiger partial charge on any atom is 0.460 e. The molecule has 0 N–H and O–H groups in total. The van der Waals surface area contributed by atoms with Gasteiger partial charge in [-0.2, -0.15) is 65.5 Å². The van der Waals surface area contributed by atoms with Crippen LogP contribution in [0.5, 0.6) is 5.75 Å². The number of hydrogen-bond donors (Lipinski definition) is 0. The van der Waals surface area contributed by atoms with Crippen molar-refractivity contribution in [2.24, 2.45) is 0 Å². The van der Waals surface area contributed by atoms with Gasteiger partial charge < -0.3 is 9.08 Å². The summed E-state index contributed by atoms with van der Waals surface area (Å²) in [5.74, 6) is -33.6. The minimum Gasteiger partial charge on any atom is -0.378 e. The van der Waals surface area contributed by atoms with Gasteiger partial charge in [0.25, 0.3) is 0 Å². The van der Waals surface area contributed by atoms with Crippen LogP contribution in [0.25, 0.3) is 0 Å². The molecule has 1 aromatic rings. The maximum absolute atomic E-state index is 13.8. The molecule has 0 bridgehead atoms. The zero-order valence-electron chi connectivity index (χ0n) is 16.4. The minimum atomic E-state index is -8.24. The molecule has 0 aromatic heterocycles. The van der Waals surface area contributed by atoms with E-state index in [1.165, 1.54) is 0 Å². The van der Waals surface area contributed by atoms with Gasteiger partial charge in [0.1, 0.15) is 5.75 Å². The summed E-state index contributed by atoms with van der Waals surface area (Å²) in [6.45, 7) is 0.177. The number of halogens is 14. The van der Waals surface area contributed by atoms with Gasteiger partial charge in [-0.1, -0.05) is 12.1 Å². The monoisotopic (exact) mass is 569 g/mol. The van der Waals surface area contributed by atoms with Crippen molar-refractivity contribution in [2.45, 2.75) is 41.7 Å². The molecular formula is C15H13ClF13NO3S. The summed E-state index contributed by atoms with van der Waals surface area (Å²) in [5.41, 5.74) is 0.363. The van der Waals surface area contributed by atoms with Gasteiger partial charge in [0, 0.05) is 6.54 Å². The van der Waals surface area contributed by atoms with E-state index in [0.29, 0.717) is 17.7 Å². The van der Waals surface area contributed by atoms with E-state index in [9.17, 15) is 65.5 Å². The van der Waals surface area contributed by atoms with Gasteiger partial charge in [-0.15, -0.1) is 12.4 Å². The molecule has 0 atom stereocenters. The Kier molecular flexibility index (Phi) is 8.94. The average Bonchev–Trinajstić information content (AvgIpc) is 2.60. The Hall–Kier alpha value is -1.69. The standard InChI is InChI=1S/C15H12F13NO3S.ClH/c1-29(2)7-8-3-5-9(6-4-8)32-33(30,31)15(27,28)13(22,23)11(18,19)10(16,17)12(20,21)14(24,25)26;/h3-6H,7H2,1-2H3;1H. The van der Waals surface area contributed by atoms with Crippen molar-refractivity contribution in [1.82, 2.24) is 4.90 Å². The number of rotatable bonds is 9. The van der Waals surface area contributed by atoms with E-state index >= 15 is 0 Å². The van der Waals surface area contributed by atoms with Crippen LogP contribution in [-0.2, 0) is 16.7 Å². The van der Waals surface area contributed by atoms with Crippen LogP contribution >= 0.6 is 12.4 Å². The lowest BCUT2D eigenvalue weighted by molar-refractivity contribution is -0.433. The third kappa shape index (κ3) is 5.12. The van der Waals surface area contributed by atoms with Gasteiger partial charge in [-0.3, -0.25) is 0 Å². The van der Waals surface area contributed by atoms with Crippen molar-refractivity contribution in [2.75, 3.05) is 14.1 Å². The lowest BCUT2D eigenvalue weighted by atomic mass is 9.98. The molecule has 1 rings (SSSR count). The summed E-state index contributed by atoms with van der Waals surface area (Å²) >= 11 is 0. The van der Waals surface area contributed by atoms with Crippen molar-refractivity contribution in [3.63, 3.8) is 0 Å². The van der Waals surface area contributed by atoms with Gasteiger partial charge in [0.15, 0.2) is 0 Å². The summed E-state index contributed by atoms with van der Waals surface area (Å²) in [4.78, 5) is 1.56. The zero-order chi connectivity index (χ0) is 26.5. The molecule has 0 aliphatic heterocycles. The fourth-order valence-corrected chi connectivity index (χ4v) is 3.02. The molecule has 0 heterocycles. The molecule has 0 unspecified atom stereocenters. The fraction of sp³-hybridized carbons (Fsp3) is 0.600. The highest BCUT2D eigenvalue weighted by Crippen LogP contribution is 2.61. The van der Waals surface area contributed by atoms with Gasteiger partial charge in [0.05, 0.1) is 0 Å². The topological polar surface area (TPSA) is 46.6 Å². The van der Waals surface area contributed by atoms with Crippen LogP contribution in [0.15, 0.2) is 24.3 Å². The Balaban J connectivity index is 0.0000109. The molecule has 0 fully saturated rings. The smallest absolute Gasteiger partial charge is 0.378 e. The van der Waals surface area contributed by atoms with Gasteiger partial charge in [-0.25, -0.2) is 0 Å². The second-order valence-corrected chi connectivity index (χ2v) is 8.32. The first-order valence-corrected chi connectivity index (χ1v) is 9.41. The average molecular weight is 570 g/mol. The molecule has 34 heavy (non-hydrogen) atoms. The molecule has 4 nitrogen and oxygen atoms in total. The Morgan fingerprint density at radius 3 is 1.44 bits per heavy atom. The first kappa shape index (κ1) is 32.3. The van der Waals surface area contributed by atoms with E-state index < -0.39 is 51.0 Å². The van der Waals surface area contributed by atoms with Crippen LogP contribution < -0.4 is 4.18 Å². The van der Waals surface area contributed by atoms with Crippen LogP contribution in [-0.4, -0.2) is 62.5 Å².